The first kappa shape index (κ1) is 17.9. The molecule has 0 saturated heterocycles. The molecule has 1 heterocycles. The minimum atomic E-state index is -0.272. The summed E-state index contributed by atoms with van der Waals surface area (Å²) in [5, 5.41) is 6.33. The van der Waals surface area contributed by atoms with Gasteiger partial charge in [-0.1, -0.05) is 54.8 Å². The van der Waals surface area contributed by atoms with E-state index in [9.17, 15) is 9.59 Å². The Morgan fingerprint density at radius 1 is 1.15 bits per heavy atom. The van der Waals surface area contributed by atoms with Gasteiger partial charge in [0.2, 0.25) is 11.8 Å². The number of benzene rings is 1. The maximum Gasteiger partial charge on any atom is 0.247 e. The molecule has 1 aromatic heterocycles. The van der Waals surface area contributed by atoms with Crippen molar-refractivity contribution in [1.82, 2.24) is 10.1 Å². The molecule has 3 rings (SSSR count). The lowest BCUT2D eigenvalue weighted by atomic mass is 9.94. The van der Waals surface area contributed by atoms with Crippen molar-refractivity contribution in [1.29, 1.82) is 0 Å². The zero-order valence-corrected chi connectivity index (χ0v) is 14.6. The second-order valence-corrected chi connectivity index (χ2v) is 6.43. The summed E-state index contributed by atoms with van der Waals surface area (Å²) in [6, 6.07) is 11.3. The van der Waals surface area contributed by atoms with Gasteiger partial charge in [0.05, 0.1) is 0 Å². The number of carbonyl (C=O) groups excluding carboxylic acids is 2. The lowest BCUT2D eigenvalue weighted by Gasteiger charge is -2.33. The van der Waals surface area contributed by atoms with Crippen LogP contribution in [0.15, 0.2) is 53.3 Å². The normalized spacial score (nSPS) is 15.1. The molecule has 6 heteroatoms. The van der Waals surface area contributed by atoms with Gasteiger partial charge in [0.25, 0.3) is 0 Å². The molecule has 0 atom stereocenters. The minimum Gasteiger partial charge on any atom is -0.363 e. The Kier molecular flexibility index (Phi) is 6.19. The topological polar surface area (TPSA) is 75.4 Å². The highest BCUT2D eigenvalue weighted by molar-refractivity contribution is 5.97. The summed E-state index contributed by atoms with van der Waals surface area (Å²) in [5.74, 6) is -0.0622. The van der Waals surface area contributed by atoms with Crippen LogP contribution in [0.1, 0.15) is 37.7 Å². The highest BCUT2D eigenvalue weighted by Crippen LogP contribution is 2.23. The Bertz CT molecular complexity index is 735. The van der Waals surface area contributed by atoms with Crippen LogP contribution in [0.3, 0.4) is 0 Å². The van der Waals surface area contributed by atoms with E-state index in [4.69, 9.17) is 4.52 Å². The number of carbonyl (C=O) groups is 2. The van der Waals surface area contributed by atoms with Crippen LogP contribution in [0.25, 0.3) is 6.08 Å². The standard InChI is InChI=1S/C20H23N3O3/c24-19(21-18-13-14-26-22-18)15-23(17-9-5-2-6-10-17)20(25)12-11-16-7-3-1-4-8-16/h1,3-4,7-8,11-14,17H,2,5-6,9-10,15H2,(H,21,22,24)/b12-11+. The fourth-order valence-electron chi connectivity index (χ4n) is 3.22. The SMILES string of the molecule is O=C(CN(C(=O)/C=C/c1ccccc1)C1CCCCC1)Nc1ccon1. The Morgan fingerprint density at radius 2 is 1.92 bits per heavy atom. The Balaban J connectivity index is 1.68. The zero-order chi connectivity index (χ0) is 18.2. The first-order valence-electron chi connectivity index (χ1n) is 8.96. The number of hydrogen-bond acceptors (Lipinski definition) is 4. The van der Waals surface area contributed by atoms with E-state index in [-0.39, 0.29) is 24.4 Å². The summed E-state index contributed by atoms with van der Waals surface area (Å²) < 4.78 is 4.72. The quantitative estimate of drug-likeness (QED) is 0.807. The highest BCUT2D eigenvalue weighted by atomic mass is 16.5. The zero-order valence-electron chi connectivity index (χ0n) is 14.6. The number of aromatic nitrogens is 1. The fourth-order valence-corrected chi connectivity index (χ4v) is 3.22. The van der Waals surface area contributed by atoms with Crippen molar-refractivity contribution in [3.05, 3.63) is 54.3 Å². The van der Waals surface area contributed by atoms with Crippen LogP contribution in [-0.4, -0.2) is 34.5 Å². The predicted octanol–water partition coefficient (Wildman–Crippen LogP) is 3.49. The largest absolute Gasteiger partial charge is 0.363 e. The van der Waals surface area contributed by atoms with Gasteiger partial charge in [0.15, 0.2) is 5.82 Å². The first-order chi connectivity index (χ1) is 12.7. The lowest BCUT2D eigenvalue weighted by Crippen LogP contribution is -2.45. The summed E-state index contributed by atoms with van der Waals surface area (Å²) in [4.78, 5) is 26.8. The van der Waals surface area contributed by atoms with E-state index in [1.54, 1.807) is 23.1 Å². The van der Waals surface area contributed by atoms with Crippen molar-refractivity contribution in [2.24, 2.45) is 0 Å². The minimum absolute atomic E-state index is 0.00941. The molecule has 1 fully saturated rings. The molecule has 0 spiro atoms. The first-order valence-corrected chi connectivity index (χ1v) is 8.96. The van der Waals surface area contributed by atoms with Crippen LogP contribution >= 0.6 is 0 Å². The molecule has 2 aromatic rings. The van der Waals surface area contributed by atoms with Crippen LogP contribution in [0.4, 0.5) is 5.82 Å². The number of anilines is 1. The fraction of sp³-hybridized carbons (Fsp3) is 0.350. The van der Waals surface area contributed by atoms with E-state index in [1.807, 2.05) is 30.3 Å². The second-order valence-electron chi connectivity index (χ2n) is 6.43. The third kappa shape index (κ3) is 5.05. The molecule has 1 saturated carbocycles. The molecule has 1 aliphatic carbocycles. The number of hydrogen-bond donors (Lipinski definition) is 1. The third-order valence-corrected chi connectivity index (χ3v) is 4.54. The van der Waals surface area contributed by atoms with Crippen molar-refractivity contribution in [3.63, 3.8) is 0 Å². The van der Waals surface area contributed by atoms with Gasteiger partial charge in [0, 0.05) is 18.2 Å². The number of nitrogens with one attached hydrogen (secondary N) is 1. The molecule has 1 aromatic carbocycles. The number of rotatable bonds is 6. The van der Waals surface area contributed by atoms with Crippen LogP contribution in [-0.2, 0) is 9.59 Å². The molecule has 2 amide bonds. The van der Waals surface area contributed by atoms with Gasteiger partial charge >= 0.3 is 0 Å². The van der Waals surface area contributed by atoms with Gasteiger partial charge in [0.1, 0.15) is 12.8 Å². The van der Waals surface area contributed by atoms with Crippen molar-refractivity contribution in [3.8, 4) is 0 Å². The molecular weight excluding hydrogens is 330 g/mol. The van der Waals surface area contributed by atoms with Crippen LogP contribution < -0.4 is 5.32 Å². The van der Waals surface area contributed by atoms with Gasteiger partial charge in [-0.3, -0.25) is 9.59 Å². The lowest BCUT2D eigenvalue weighted by molar-refractivity contribution is -0.133. The molecule has 1 aliphatic rings. The van der Waals surface area contributed by atoms with Gasteiger partial charge in [-0.15, -0.1) is 0 Å². The Hall–Kier alpha value is -2.89. The van der Waals surface area contributed by atoms with Gasteiger partial charge in [-0.2, -0.15) is 0 Å². The average molecular weight is 353 g/mol. The van der Waals surface area contributed by atoms with Crippen molar-refractivity contribution < 1.29 is 14.1 Å². The van der Waals surface area contributed by atoms with Crippen LogP contribution in [0.5, 0.6) is 0 Å². The smallest absolute Gasteiger partial charge is 0.247 e. The molecule has 1 N–H and O–H groups in total. The highest BCUT2D eigenvalue weighted by Gasteiger charge is 2.26. The average Bonchev–Trinajstić information content (AvgIpc) is 3.18. The predicted molar refractivity (Wildman–Crippen MR) is 99.2 cm³/mol. The third-order valence-electron chi connectivity index (χ3n) is 4.54. The number of amides is 2. The van der Waals surface area contributed by atoms with E-state index in [0.29, 0.717) is 5.82 Å². The Morgan fingerprint density at radius 3 is 2.62 bits per heavy atom. The van der Waals surface area contributed by atoms with Gasteiger partial charge in [-0.05, 0) is 24.5 Å². The van der Waals surface area contributed by atoms with Crippen LogP contribution in [0.2, 0.25) is 0 Å². The summed E-state index contributed by atoms with van der Waals surface area (Å²) in [5.41, 5.74) is 0.955. The maximum atomic E-state index is 12.8. The molecule has 0 aliphatic heterocycles. The molecule has 6 nitrogen and oxygen atoms in total. The monoisotopic (exact) mass is 353 g/mol. The summed E-state index contributed by atoms with van der Waals surface area (Å²) in [7, 11) is 0. The van der Waals surface area contributed by atoms with Crippen molar-refractivity contribution >= 4 is 23.7 Å². The maximum absolute atomic E-state index is 12.8. The molecule has 26 heavy (non-hydrogen) atoms. The van der Waals surface area contributed by atoms with Crippen LogP contribution in [0, 0.1) is 0 Å². The Labute approximate surface area is 152 Å². The van der Waals surface area contributed by atoms with E-state index in [1.165, 1.54) is 12.7 Å². The van der Waals surface area contributed by atoms with E-state index < -0.39 is 0 Å². The molecule has 0 unspecified atom stereocenters. The summed E-state index contributed by atoms with van der Waals surface area (Å²) >= 11 is 0. The molecule has 0 bridgehead atoms. The second kappa shape index (κ2) is 8.99. The molecular formula is C20H23N3O3. The van der Waals surface area contributed by atoms with Gasteiger partial charge in [-0.25, -0.2) is 0 Å². The van der Waals surface area contributed by atoms with E-state index in [0.717, 1.165) is 31.2 Å². The van der Waals surface area contributed by atoms with E-state index >= 15 is 0 Å². The van der Waals surface area contributed by atoms with E-state index in [2.05, 4.69) is 10.5 Å². The summed E-state index contributed by atoms with van der Waals surface area (Å²) in [6.07, 6.45) is 9.95. The molecule has 0 radical (unpaired) electrons. The van der Waals surface area contributed by atoms with Crippen molar-refractivity contribution in [2.45, 2.75) is 38.1 Å². The summed E-state index contributed by atoms with van der Waals surface area (Å²) in [6.45, 7) is 0.00941. The van der Waals surface area contributed by atoms with Gasteiger partial charge < -0.3 is 14.7 Å². The molecule has 136 valence electrons. The van der Waals surface area contributed by atoms with Crippen molar-refractivity contribution in [2.75, 3.05) is 11.9 Å². The number of nitrogens with zero attached hydrogens (tertiary/aromatic N) is 2.